The van der Waals surface area contributed by atoms with Gasteiger partial charge in [0, 0.05) is 43.0 Å². The van der Waals surface area contributed by atoms with Crippen LogP contribution in [-0.2, 0) is 30.5 Å². The zero-order valence-corrected chi connectivity index (χ0v) is 25.0. The number of hydrogen-bond acceptors (Lipinski definition) is 6. The molecule has 7 N–H and O–H groups in total. The average Bonchev–Trinajstić information content (AvgIpc) is 3.24. The summed E-state index contributed by atoms with van der Waals surface area (Å²) in [6.45, 7) is 1.74. The van der Waals surface area contributed by atoms with Crippen LogP contribution in [0.2, 0.25) is 0 Å². The highest BCUT2D eigenvalue weighted by Gasteiger charge is 2.51. The van der Waals surface area contributed by atoms with Crippen LogP contribution in [-0.4, -0.2) is 80.2 Å². The fourth-order valence-corrected chi connectivity index (χ4v) is 5.11. The van der Waals surface area contributed by atoms with E-state index in [0.29, 0.717) is 63.7 Å². The van der Waals surface area contributed by atoms with Crippen molar-refractivity contribution >= 4 is 41.3 Å². The lowest BCUT2D eigenvalue weighted by molar-refractivity contribution is -0.872. The van der Waals surface area contributed by atoms with Crippen LogP contribution in [0.15, 0.2) is 36.4 Å². The molecule has 1 aromatic carbocycles. The number of nitrogens with two attached hydrogens (primary N) is 1. The van der Waals surface area contributed by atoms with Gasteiger partial charge in [-0.1, -0.05) is 18.6 Å². The highest BCUT2D eigenvalue weighted by molar-refractivity contribution is 6.12. The minimum absolute atomic E-state index is 0.231. The molecule has 13 heteroatoms. The fourth-order valence-electron chi connectivity index (χ4n) is 5.11. The number of rotatable bonds is 17. The first kappa shape index (κ1) is 33.2. The van der Waals surface area contributed by atoms with Gasteiger partial charge in [0.1, 0.15) is 18.0 Å². The third-order valence-corrected chi connectivity index (χ3v) is 7.69. The fraction of sp³-hybridized carbons (Fsp3) is 0.533. The van der Waals surface area contributed by atoms with E-state index in [0.717, 1.165) is 12.1 Å². The smallest absolute Gasteiger partial charge is 0.312 e. The Labute approximate surface area is 252 Å². The van der Waals surface area contributed by atoms with Crippen LogP contribution >= 0.6 is 0 Å². The first-order chi connectivity index (χ1) is 20.5. The van der Waals surface area contributed by atoms with Crippen molar-refractivity contribution < 1.29 is 33.7 Å². The summed E-state index contributed by atoms with van der Waals surface area (Å²) in [6.07, 6.45) is 6.52. The molecule has 0 bridgehead atoms. The van der Waals surface area contributed by atoms with Crippen LogP contribution in [0.25, 0.3) is 0 Å². The number of hydrogen-bond donors (Lipinski definition) is 6. The third-order valence-electron chi connectivity index (χ3n) is 7.69. The predicted molar refractivity (Wildman–Crippen MR) is 159 cm³/mol. The summed E-state index contributed by atoms with van der Waals surface area (Å²) in [5, 5.41) is 11.0. The van der Waals surface area contributed by atoms with Crippen molar-refractivity contribution in [1.82, 2.24) is 20.9 Å². The van der Waals surface area contributed by atoms with E-state index >= 15 is 0 Å². The number of anilines is 1. The second-order valence-corrected chi connectivity index (χ2v) is 11.4. The van der Waals surface area contributed by atoms with E-state index in [1.807, 2.05) is 38.4 Å². The summed E-state index contributed by atoms with van der Waals surface area (Å²) in [6, 6.07) is 5.88. The summed E-state index contributed by atoms with van der Waals surface area (Å²) in [4.78, 5) is 76.7. The Bertz CT molecular complexity index is 1190. The van der Waals surface area contributed by atoms with Gasteiger partial charge in [0.15, 0.2) is 0 Å². The molecule has 7 amide bonds. The number of benzene rings is 1. The quantitative estimate of drug-likeness (QED) is 0.0804. The maximum atomic E-state index is 13.5. The highest BCUT2D eigenvalue weighted by atomic mass is 16.2. The van der Waals surface area contributed by atoms with Gasteiger partial charge in [-0.2, -0.15) is 0 Å². The van der Waals surface area contributed by atoms with Crippen LogP contribution in [0.4, 0.5) is 10.5 Å². The van der Waals surface area contributed by atoms with E-state index in [9.17, 15) is 28.8 Å². The lowest BCUT2D eigenvalue weighted by Crippen LogP contribution is -3.04. The number of nitrogens with one attached hydrogen (secondary N) is 5. The Morgan fingerprint density at radius 1 is 0.907 bits per heavy atom. The van der Waals surface area contributed by atoms with E-state index in [-0.39, 0.29) is 30.7 Å². The van der Waals surface area contributed by atoms with Gasteiger partial charge in [0.2, 0.25) is 17.7 Å². The van der Waals surface area contributed by atoms with E-state index in [1.54, 1.807) is 0 Å². The van der Waals surface area contributed by atoms with Crippen molar-refractivity contribution in [3.05, 3.63) is 42.0 Å². The molecular weight excluding hydrogens is 554 g/mol. The summed E-state index contributed by atoms with van der Waals surface area (Å²) >= 11 is 0. The molecule has 234 valence electrons. The molecule has 1 saturated carbocycles. The molecule has 1 aliphatic heterocycles. The van der Waals surface area contributed by atoms with Crippen LogP contribution in [0.3, 0.4) is 0 Å². The molecule has 43 heavy (non-hydrogen) atoms. The van der Waals surface area contributed by atoms with E-state index in [4.69, 9.17) is 5.73 Å². The number of carbonyl (C=O) groups excluding carboxylic acids is 6. The second-order valence-electron chi connectivity index (χ2n) is 11.4. The van der Waals surface area contributed by atoms with E-state index < -0.39 is 29.3 Å². The zero-order chi connectivity index (χ0) is 31.4. The molecule has 0 saturated heterocycles. The van der Waals surface area contributed by atoms with Gasteiger partial charge in [0.05, 0.1) is 14.1 Å². The minimum atomic E-state index is -1.25. The van der Waals surface area contributed by atoms with Crippen molar-refractivity contribution in [3.63, 3.8) is 0 Å². The number of imide groups is 1. The van der Waals surface area contributed by atoms with Gasteiger partial charge < -0.3 is 31.9 Å². The Hall–Kier alpha value is -4.26. The van der Waals surface area contributed by atoms with Gasteiger partial charge in [-0.25, -0.2) is 4.79 Å². The van der Waals surface area contributed by atoms with Gasteiger partial charge >= 0.3 is 6.03 Å². The first-order valence-electron chi connectivity index (χ1n) is 14.9. The van der Waals surface area contributed by atoms with Crippen molar-refractivity contribution in [2.75, 3.05) is 39.0 Å². The lowest BCUT2D eigenvalue weighted by atomic mass is 9.67. The maximum Gasteiger partial charge on any atom is 0.312 e. The molecule has 1 heterocycles. The second kappa shape index (κ2) is 15.8. The SMILES string of the molecule is C[NH+](C)Cc1ccc(NC(=O)C(CCCNC(N)=O)NC(=O)C2(C(=O)NCCCCCN3C(=O)C=CC3=O)CCC2)cc1. The van der Waals surface area contributed by atoms with Gasteiger partial charge in [-0.3, -0.25) is 28.9 Å². The number of carbonyl (C=O) groups is 6. The third kappa shape index (κ3) is 9.63. The van der Waals surface area contributed by atoms with Gasteiger partial charge in [0.25, 0.3) is 11.8 Å². The topological polar surface area (TPSA) is 184 Å². The van der Waals surface area contributed by atoms with Crippen LogP contribution in [0, 0.1) is 5.41 Å². The number of urea groups is 1. The van der Waals surface area contributed by atoms with E-state index in [2.05, 4.69) is 21.3 Å². The summed E-state index contributed by atoms with van der Waals surface area (Å²) in [7, 11) is 4.10. The molecule has 1 aliphatic carbocycles. The summed E-state index contributed by atoms with van der Waals surface area (Å²) in [5.41, 5.74) is 5.59. The van der Waals surface area contributed by atoms with Crippen LogP contribution in [0.1, 0.15) is 56.9 Å². The molecule has 13 nitrogen and oxygen atoms in total. The number of quaternary nitrogens is 1. The van der Waals surface area contributed by atoms with Gasteiger partial charge in [-0.05, 0) is 57.1 Å². The molecule has 2 aliphatic rings. The van der Waals surface area contributed by atoms with Crippen molar-refractivity contribution in [2.24, 2.45) is 11.1 Å². The Kier molecular flexibility index (Phi) is 12.2. The summed E-state index contributed by atoms with van der Waals surface area (Å²) < 4.78 is 0. The molecule has 1 fully saturated rings. The van der Waals surface area contributed by atoms with Crippen molar-refractivity contribution in [2.45, 2.75) is 64.0 Å². The summed E-state index contributed by atoms with van der Waals surface area (Å²) in [5.74, 6) is -1.92. The largest absolute Gasteiger partial charge is 0.355 e. The molecule has 0 spiro atoms. The predicted octanol–water partition coefficient (Wildman–Crippen LogP) is -0.415. The highest BCUT2D eigenvalue weighted by Crippen LogP contribution is 2.41. The Balaban J connectivity index is 1.54. The Morgan fingerprint density at radius 2 is 1.56 bits per heavy atom. The monoisotopic (exact) mass is 598 g/mol. The number of nitrogens with zero attached hydrogens (tertiary/aromatic N) is 1. The average molecular weight is 599 g/mol. The Morgan fingerprint density at radius 3 is 2.14 bits per heavy atom. The van der Waals surface area contributed by atoms with Crippen molar-refractivity contribution in [1.29, 1.82) is 0 Å². The molecule has 3 rings (SSSR count). The maximum absolute atomic E-state index is 13.5. The van der Waals surface area contributed by atoms with Crippen LogP contribution < -0.4 is 31.9 Å². The molecule has 0 radical (unpaired) electrons. The molecule has 1 atom stereocenters. The zero-order valence-electron chi connectivity index (χ0n) is 25.0. The molecule has 0 aromatic heterocycles. The number of primary amides is 1. The minimum Gasteiger partial charge on any atom is -0.355 e. The normalized spacial score (nSPS) is 16.0. The van der Waals surface area contributed by atoms with Crippen LogP contribution in [0.5, 0.6) is 0 Å². The number of amides is 7. The molecule has 1 unspecified atom stereocenters. The van der Waals surface area contributed by atoms with Crippen molar-refractivity contribution in [3.8, 4) is 0 Å². The molecule has 1 aromatic rings. The van der Waals surface area contributed by atoms with E-state index in [1.165, 1.54) is 22.0 Å². The van der Waals surface area contributed by atoms with Gasteiger partial charge in [-0.15, -0.1) is 0 Å². The molecular formula is C30H44N7O6+. The lowest BCUT2D eigenvalue weighted by Gasteiger charge is -2.39. The standard InChI is InChI=1S/C30H43N7O6/c1-36(2)20-21-9-11-22(12-10-21)34-26(40)23(8-6-18-33-29(31)43)35-28(42)30(15-7-16-30)27(41)32-17-4-3-5-19-37-24(38)13-14-25(37)39/h9-14,23H,3-8,15-20H2,1-2H3,(H,32,41)(H,34,40)(H,35,42)(H3,31,33,43)/p+1. The first-order valence-corrected chi connectivity index (χ1v) is 14.9. The number of unbranched alkanes of at least 4 members (excludes halogenated alkanes) is 2.